The van der Waals surface area contributed by atoms with Crippen LogP contribution in [-0.2, 0) is 5.41 Å². The topological polar surface area (TPSA) is 29.5 Å². The molecule has 0 atom stereocenters. The van der Waals surface area contributed by atoms with E-state index in [2.05, 4.69) is 0 Å². The minimum atomic E-state index is -0.384. The smallest absolute Gasteiger partial charge is 0.165 e. The molecule has 0 unspecified atom stereocenters. The zero-order valence-corrected chi connectivity index (χ0v) is 8.67. The molecule has 78 valence electrons. The van der Waals surface area contributed by atoms with E-state index in [0.717, 1.165) is 5.56 Å². The minimum absolute atomic E-state index is 0.0157. The van der Waals surface area contributed by atoms with Gasteiger partial charge in [-0.3, -0.25) is 0 Å². The lowest BCUT2D eigenvalue weighted by atomic mass is 9.85. The van der Waals surface area contributed by atoms with Gasteiger partial charge < -0.3 is 9.84 Å². The van der Waals surface area contributed by atoms with E-state index in [1.807, 2.05) is 13.8 Å². The molecule has 0 fully saturated rings. The number of aliphatic hydroxyl groups excluding tert-OH is 1. The molecule has 0 saturated carbocycles. The molecule has 0 aliphatic carbocycles. The average Bonchev–Trinajstić information content (AvgIpc) is 2.18. The average molecular weight is 198 g/mol. The zero-order chi connectivity index (χ0) is 10.8. The van der Waals surface area contributed by atoms with Crippen LogP contribution in [0.4, 0.5) is 4.39 Å². The number of aliphatic hydroxyl groups is 1. The van der Waals surface area contributed by atoms with Gasteiger partial charge in [0.1, 0.15) is 0 Å². The third-order valence-electron chi connectivity index (χ3n) is 2.33. The molecule has 1 N–H and O–H groups in total. The van der Waals surface area contributed by atoms with Crippen molar-refractivity contribution in [2.75, 3.05) is 13.7 Å². The molecule has 1 aromatic carbocycles. The maximum atomic E-state index is 13.1. The van der Waals surface area contributed by atoms with Gasteiger partial charge >= 0.3 is 0 Å². The molecule has 0 amide bonds. The fourth-order valence-corrected chi connectivity index (χ4v) is 1.17. The Morgan fingerprint density at radius 2 is 2.07 bits per heavy atom. The van der Waals surface area contributed by atoms with Crippen LogP contribution in [0, 0.1) is 5.82 Å². The summed E-state index contributed by atoms with van der Waals surface area (Å²) in [6.07, 6.45) is 0. The first kappa shape index (κ1) is 11.0. The van der Waals surface area contributed by atoms with E-state index in [4.69, 9.17) is 9.84 Å². The Morgan fingerprint density at radius 1 is 1.43 bits per heavy atom. The molecular formula is C11H15FO2. The first-order chi connectivity index (χ1) is 6.51. The number of benzene rings is 1. The van der Waals surface area contributed by atoms with Crippen molar-refractivity contribution in [3.05, 3.63) is 29.6 Å². The van der Waals surface area contributed by atoms with Crippen molar-refractivity contribution >= 4 is 0 Å². The van der Waals surface area contributed by atoms with Gasteiger partial charge in [0.25, 0.3) is 0 Å². The van der Waals surface area contributed by atoms with E-state index in [-0.39, 0.29) is 23.6 Å². The van der Waals surface area contributed by atoms with Gasteiger partial charge in [-0.15, -0.1) is 0 Å². The zero-order valence-electron chi connectivity index (χ0n) is 8.67. The van der Waals surface area contributed by atoms with Gasteiger partial charge in [0.2, 0.25) is 0 Å². The van der Waals surface area contributed by atoms with Crippen LogP contribution in [0.15, 0.2) is 18.2 Å². The Bertz CT molecular complexity index is 321. The predicted octanol–water partition coefficient (Wildman–Crippen LogP) is 2.10. The highest BCUT2D eigenvalue weighted by atomic mass is 19.1. The summed E-state index contributed by atoms with van der Waals surface area (Å²) in [5.74, 6) is -0.172. The fourth-order valence-electron chi connectivity index (χ4n) is 1.17. The number of ether oxygens (including phenoxy) is 1. The molecule has 0 aliphatic rings. The molecule has 0 saturated heterocycles. The third kappa shape index (κ3) is 2.04. The molecule has 0 heterocycles. The Labute approximate surface area is 83.3 Å². The predicted molar refractivity (Wildman–Crippen MR) is 53.1 cm³/mol. The lowest BCUT2D eigenvalue weighted by Gasteiger charge is -2.22. The molecule has 0 radical (unpaired) electrons. The number of rotatable bonds is 3. The van der Waals surface area contributed by atoms with E-state index in [0.29, 0.717) is 0 Å². The third-order valence-corrected chi connectivity index (χ3v) is 2.33. The van der Waals surface area contributed by atoms with E-state index < -0.39 is 0 Å². The largest absolute Gasteiger partial charge is 0.494 e. The summed E-state index contributed by atoms with van der Waals surface area (Å²) >= 11 is 0. The number of hydrogen-bond acceptors (Lipinski definition) is 2. The highest BCUT2D eigenvalue weighted by Crippen LogP contribution is 2.27. The molecule has 3 heteroatoms. The van der Waals surface area contributed by atoms with Crippen LogP contribution in [0.3, 0.4) is 0 Å². The lowest BCUT2D eigenvalue weighted by molar-refractivity contribution is 0.218. The van der Waals surface area contributed by atoms with Gasteiger partial charge in [-0.25, -0.2) is 4.39 Å². The maximum Gasteiger partial charge on any atom is 0.165 e. The highest BCUT2D eigenvalue weighted by molar-refractivity contribution is 5.34. The Morgan fingerprint density at radius 3 is 2.57 bits per heavy atom. The minimum Gasteiger partial charge on any atom is -0.494 e. The number of methoxy groups -OCH3 is 1. The van der Waals surface area contributed by atoms with Gasteiger partial charge in [-0.05, 0) is 17.7 Å². The Kier molecular flexibility index (Phi) is 3.11. The summed E-state index contributed by atoms with van der Waals surface area (Å²) in [6.45, 7) is 3.79. The second kappa shape index (κ2) is 3.96. The summed E-state index contributed by atoms with van der Waals surface area (Å²) < 4.78 is 17.9. The number of halogens is 1. The van der Waals surface area contributed by atoms with Crippen LogP contribution in [0.5, 0.6) is 5.75 Å². The van der Waals surface area contributed by atoms with Gasteiger partial charge in [0.05, 0.1) is 13.7 Å². The molecule has 0 aliphatic heterocycles. The van der Waals surface area contributed by atoms with Crippen molar-refractivity contribution in [2.45, 2.75) is 19.3 Å². The highest BCUT2D eigenvalue weighted by Gasteiger charge is 2.20. The molecule has 0 bridgehead atoms. The molecule has 0 aromatic heterocycles. The van der Waals surface area contributed by atoms with Crippen molar-refractivity contribution in [3.8, 4) is 5.75 Å². The van der Waals surface area contributed by atoms with Gasteiger partial charge in [-0.2, -0.15) is 0 Å². The van der Waals surface area contributed by atoms with E-state index in [1.54, 1.807) is 12.1 Å². The maximum absolute atomic E-state index is 13.1. The first-order valence-corrected chi connectivity index (χ1v) is 4.46. The van der Waals surface area contributed by atoms with Crippen molar-refractivity contribution in [1.29, 1.82) is 0 Å². The van der Waals surface area contributed by atoms with E-state index >= 15 is 0 Å². The molecule has 1 aromatic rings. The number of hydrogen-bond donors (Lipinski definition) is 1. The molecule has 2 nitrogen and oxygen atoms in total. The van der Waals surface area contributed by atoms with Gasteiger partial charge in [0, 0.05) is 5.41 Å². The van der Waals surface area contributed by atoms with Gasteiger partial charge in [0.15, 0.2) is 11.6 Å². The normalized spacial score (nSPS) is 11.5. The standard InChI is InChI=1S/C11H15FO2/c1-11(2,7-13)8-4-5-9(12)10(6-8)14-3/h4-6,13H,7H2,1-3H3. The Hall–Kier alpha value is -1.09. The van der Waals surface area contributed by atoms with E-state index in [9.17, 15) is 4.39 Å². The van der Waals surface area contributed by atoms with Crippen LogP contribution in [-0.4, -0.2) is 18.8 Å². The van der Waals surface area contributed by atoms with Crippen molar-refractivity contribution in [3.63, 3.8) is 0 Å². The van der Waals surface area contributed by atoms with Crippen molar-refractivity contribution in [2.24, 2.45) is 0 Å². The second-order valence-electron chi connectivity index (χ2n) is 3.89. The lowest BCUT2D eigenvalue weighted by Crippen LogP contribution is -2.22. The summed E-state index contributed by atoms with van der Waals surface area (Å²) in [6, 6.07) is 4.63. The Balaban J connectivity index is 3.12. The summed E-state index contributed by atoms with van der Waals surface area (Å²) in [7, 11) is 1.42. The quantitative estimate of drug-likeness (QED) is 0.806. The SMILES string of the molecule is COc1cc(C(C)(C)CO)ccc1F. The van der Waals surface area contributed by atoms with Gasteiger partial charge in [-0.1, -0.05) is 19.9 Å². The first-order valence-electron chi connectivity index (χ1n) is 4.46. The monoisotopic (exact) mass is 198 g/mol. The molecular weight excluding hydrogens is 183 g/mol. The van der Waals surface area contributed by atoms with Crippen LogP contribution < -0.4 is 4.74 Å². The van der Waals surface area contributed by atoms with Crippen LogP contribution >= 0.6 is 0 Å². The summed E-state index contributed by atoms with van der Waals surface area (Å²) in [5.41, 5.74) is 0.485. The van der Waals surface area contributed by atoms with Crippen molar-refractivity contribution < 1.29 is 14.2 Å². The molecule has 1 rings (SSSR count). The van der Waals surface area contributed by atoms with Crippen LogP contribution in [0.2, 0.25) is 0 Å². The summed E-state index contributed by atoms with van der Waals surface area (Å²) in [4.78, 5) is 0. The fraction of sp³-hybridized carbons (Fsp3) is 0.455. The summed E-state index contributed by atoms with van der Waals surface area (Å²) in [5, 5.41) is 9.15. The van der Waals surface area contributed by atoms with E-state index in [1.165, 1.54) is 13.2 Å². The molecule has 0 spiro atoms. The second-order valence-corrected chi connectivity index (χ2v) is 3.89. The van der Waals surface area contributed by atoms with Crippen LogP contribution in [0.25, 0.3) is 0 Å². The molecule has 14 heavy (non-hydrogen) atoms. The van der Waals surface area contributed by atoms with Crippen molar-refractivity contribution in [1.82, 2.24) is 0 Å². The van der Waals surface area contributed by atoms with Crippen LogP contribution in [0.1, 0.15) is 19.4 Å².